The third kappa shape index (κ3) is 5.39. The number of ether oxygens (including phenoxy) is 1. The average molecular weight is 446 g/mol. The van der Waals surface area contributed by atoms with E-state index in [-0.39, 0.29) is 18.0 Å². The third-order valence-electron chi connectivity index (χ3n) is 6.80. The molecule has 172 valence electrons. The van der Waals surface area contributed by atoms with Crippen LogP contribution in [0.1, 0.15) is 24.5 Å². The van der Waals surface area contributed by atoms with Crippen molar-refractivity contribution in [3.63, 3.8) is 0 Å². The van der Waals surface area contributed by atoms with Crippen LogP contribution < -0.4 is 16.1 Å². The Kier molecular flexibility index (Phi) is 7.05. The molecule has 3 amide bonds. The number of benzene rings is 2. The van der Waals surface area contributed by atoms with Crippen molar-refractivity contribution in [2.75, 3.05) is 37.9 Å². The molecule has 4 rings (SSSR count). The summed E-state index contributed by atoms with van der Waals surface area (Å²) in [5.74, 6) is -0.208. The summed E-state index contributed by atoms with van der Waals surface area (Å²) >= 11 is 0. The molecule has 33 heavy (non-hydrogen) atoms. The first-order valence-corrected chi connectivity index (χ1v) is 11.4. The van der Waals surface area contributed by atoms with Crippen LogP contribution in [-0.4, -0.2) is 75.0 Å². The number of hydrogen-bond acceptors (Lipinski definition) is 4. The zero-order valence-electron chi connectivity index (χ0n) is 19.5. The Labute approximate surface area is 196 Å². The first-order chi connectivity index (χ1) is 15.8. The maximum Gasteiger partial charge on any atom is 0.322 e. The van der Waals surface area contributed by atoms with E-state index in [0.717, 1.165) is 25.1 Å². The number of fused-ring (bicyclic) bond motifs is 1. The summed E-state index contributed by atoms with van der Waals surface area (Å²) < 4.78 is 5.48. The topological polar surface area (TPSA) is 73.9 Å². The van der Waals surface area contributed by atoms with Gasteiger partial charge in [0.15, 0.2) is 0 Å². The monoisotopic (exact) mass is 446 g/mol. The fraction of sp³-hybridized carbons (Fsp3) is 0.440. The average Bonchev–Trinajstić information content (AvgIpc) is 3.19. The molecule has 2 aliphatic rings. The quantitative estimate of drug-likeness (QED) is 0.707. The Hall–Kier alpha value is -2.84. The summed E-state index contributed by atoms with van der Waals surface area (Å²) in [6.45, 7) is 3.60. The molecule has 0 aromatic heterocycles. The van der Waals surface area contributed by atoms with Gasteiger partial charge in [-0.05, 0) is 62.2 Å². The SMILES string of the molecule is [B]c1ccc(NC(=O)N2CC(OC)C[C@@H]2C(=O)Nc2ccc3c(c2)CC(C)N(C)CC3)cc1. The van der Waals surface area contributed by atoms with Crippen molar-refractivity contribution in [3.05, 3.63) is 53.6 Å². The number of carbonyl (C=O) groups is 2. The minimum Gasteiger partial charge on any atom is -0.380 e. The number of urea groups is 1. The van der Waals surface area contributed by atoms with Gasteiger partial charge in [-0.25, -0.2) is 4.79 Å². The van der Waals surface area contributed by atoms with Gasteiger partial charge in [-0.2, -0.15) is 0 Å². The van der Waals surface area contributed by atoms with Gasteiger partial charge in [0.05, 0.1) is 6.10 Å². The Morgan fingerprint density at radius 1 is 1.06 bits per heavy atom. The summed E-state index contributed by atoms with van der Waals surface area (Å²) in [5.41, 5.74) is 4.60. The second-order valence-corrected chi connectivity index (χ2v) is 9.07. The number of amides is 3. The lowest BCUT2D eigenvalue weighted by Crippen LogP contribution is -2.45. The number of likely N-dealkylation sites (N-methyl/N-ethyl adjacent to an activating group) is 1. The van der Waals surface area contributed by atoms with Crippen LogP contribution in [0.5, 0.6) is 0 Å². The molecule has 0 bridgehead atoms. The van der Waals surface area contributed by atoms with Crippen molar-refractivity contribution in [1.29, 1.82) is 0 Å². The van der Waals surface area contributed by atoms with Crippen LogP contribution in [0.4, 0.5) is 16.2 Å². The summed E-state index contributed by atoms with van der Waals surface area (Å²) in [5, 5.41) is 5.89. The maximum absolute atomic E-state index is 13.2. The number of rotatable bonds is 4. The Balaban J connectivity index is 1.47. The Morgan fingerprint density at radius 2 is 1.79 bits per heavy atom. The van der Waals surface area contributed by atoms with Gasteiger partial charge in [0.2, 0.25) is 5.91 Å². The maximum atomic E-state index is 13.2. The van der Waals surface area contributed by atoms with Crippen molar-refractivity contribution < 1.29 is 14.3 Å². The lowest BCUT2D eigenvalue weighted by atomic mass is 9.96. The Bertz CT molecular complexity index is 1010. The molecule has 2 radical (unpaired) electrons. The molecule has 0 spiro atoms. The molecule has 1 fully saturated rings. The summed E-state index contributed by atoms with van der Waals surface area (Å²) in [7, 11) is 9.47. The normalized spacial score (nSPS) is 23.0. The van der Waals surface area contributed by atoms with Gasteiger partial charge >= 0.3 is 6.03 Å². The van der Waals surface area contributed by atoms with Crippen molar-refractivity contribution in [1.82, 2.24) is 9.80 Å². The second-order valence-electron chi connectivity index (χ2n) is 9.07. The summed E-state index contributed by atoms with van der Waals surface area (Å²) in [6.07, 6.45) is 2.20. The van der Waals surface area contributed by atoms with Gasteiger partial charge < -0.3 is 25.2 Å². The van der Waals surface area contributed by atoms with E-state index in [0.29, 0.717) is 30.2 Å². The fourth-order valence-electron chi connectivity index (χ4n) is 4.56. The van der Waals surface area contributed by atoms with Crippen molar-refractivity contribution in [3.8, 4) is 0 Å². The highest BCUT2D eigenvalue weighted by Crippen LogP contribution is 2.26. The number of nitrogens with one attached hydrogen (secondary N) is 2. The van der Waals surface area contributed by atoms with E-state index in [1.165, 1.54) is 11.1 Å². The van der Waals surface area contributed by atoms with E-state index < -0.39 is 6.04 Å². The van der Waals surface area contributed by atoms with Gasteiger partial charge in [0.1, 0.15) is 13.9 Å². The smallest absolute Gasteiger partial charge is 0.322 e. The van der Waals surface area contributed by atoms with Gasteiger partial charge in [-0.1, -0.05) is 23.7 Å². The van der Waals surface area contributed by atoms with Crippen LogP contribution in [0.3, 0.4) is 0 Å². The zero-order valence-corrected chi connectivity index (χ0v) is 19.5. The predicted molar refractivity (Wildman–Crippen MR) is 131 cm³/mol. The number of anilines is 2. The van der Waals surface area contributed by atoms with Crippen LogP contribution >= 0.6 is 0 Å². The Morgan fingerprint density at radius 3 is 2.52 bits per heavy atom. The molecule has 2 heterocycles. The van der Waals surface area contributed by atoms with Crippen molar-refractivity contribution >= 4 is 36.6 Å². The van der Waals surface area contributed by atoms with E-state index in [9.17, 15) is 9.59 Å². The molecule has 0 aliphatic carbocycles. The number of carbonyl (C=O) groups excluding carboxylic acids is 2. The van der Waals surface area contributed by atoms with Crippen LogP contribution in [0.2, 0.25) is 0 Å². The van der Waals surface area contributed by atoms with Crippen LogP contribution in [-0.2, 0) is 22.4 Å². The molecule has 3 atom stereocenters. The molecule has 1 saturated heterocycles. The lowest BCUT2D eigenvalue weighted by Gasteiger charge is -2.24. The molecule has 2 unspecified atom stereocenters. The van der Waals surface area contributed by atoms with Crippen LogP contribution in [0, 0.1) is 0 Å². The molecule has 2 N–H and O–H groups in total. The highest BCUT2D eigenvalue weighted by Gasteiger charge is 2.40. The van der Waals surface area contributed by atoms with Gasteiger partial charge in [0.25, 0.3) is 0 Å². The van der Waals surface area contributed by atoms with Crippen LogP contribution in [0.25, 0.3) is 0 Å². The predicted octanol–water partition coefficient (Wildman–Crippen LogP) is 2.16. The van der Waals surface area contributed by atoms with E-state index in [2.05, 4.69) is 41.6 Å². The molecular weight excluding hydrogens is 415 g/mol. The summed E-state index contributed by atoms with van der Waals surface area (Å²) in [4.78, 5) is 30.1. The molecule has 2 aromatic rings. The largest absolute Gasteiger partial charge is 0.380 e. The number of likely N-dealkylation sites (tertiary alicyclic amines) is 1. The lowest BCUT2D eigenvalue weighted by molar-refractivity contribution is -0.119. The minimum atomic E-state index is -0.618. The number of methoxy groups -OCH3 is 1. The molecule has 7 nitrogen and oxygen atoms in total. The highest BCUT2D eigenvalue weighted by atomic mass is 16.5. The number of nitrogens with zero attached hydrogens (tertiary/aromatic N) is 2. The first-order valence-electron chi connectivity index (χ1n) is 11.4. The molecule has 2 aliphatic heterocycles. The highest BCUT2D eigenvalue weighted by molar-refractivity contribution is 6.32. The number of hydrogen-bond donors (Lipinski definition) is 2. The third-order valence-corrected chi connectivity index (χ3v) is 6.80. The molecule has 2 aromatic carbocycles. The molecule has 8 heteroatoms. The van der Waals surface area contributed by atoms with Gasteiger partial charge in [0, 0.05) is 44.0 Å². The van der Waals surface area contributed by atoms with E-state index >= 15 is 0 Å². The van der Waals surface area contributed by atoms with Gasteiger partial charge in [-0.3, -0.25) is 4.79 Å². The van der Waals surface area contributed by atoms with Gasteiger partial charge in [-0.15, -0.1) is 0 Å². The van der Waals surface area contributed by atoms with E-state index in [1.54, 1.807) is 36.3 Å². The molecular formula is C25H31BN4O3. The van der Waals surface area contributed by atoms with E-state index in [4.69, 9.17) is 12.6 Å². The van der Waals surface area contributed by atoms with Crippen LogP contribution in [0.15, 0.2) is 42.5 Å². The molecule has 0 saturated carbocycles. The zero-order chi connectivity index (χ0) is 23.5. The second kappa shape index (κ2) is 9.97. The summed E-state index contributed by atoms with van der Waals surface area (Å²) in [6, 6.07) is 12.5. The van der Waals surface area contributed by atoms with Crippen molar-refractivity contribution in [2.24, 2.45) is 0 Å². The van der Waals surface area contributed by atoms with E-state index in [1.807, 2.05) is 6.07 Å². The standard InChI is InChI=1S/C25H31BN4O3/c1-16-12-18-13-21(7-4-17(18)10-11-29(16)2)27-24(31)23-14-22(33-3)15-30(23)25(32)28-20-8-5-19(26)6-9-20/h4-9,13,16,22-23H,10-12,14-15H2,1-3H3,(H,27,31)(H,28,32)/t16?,22?,23-/m1/s1. The first kappa shape index (κ1) is 23.3. The fourth-order valence-corrected chi connectivity index (χ4v) is 4.56. The van der Waals surface area contributed by atoms with Crippen molar-refractivity contribution in [2.45, 2.75) is 44.4 Å². The minimum absolute atomic E-state index is 0.193.